The molecule has 1 aliphatic heterocycles. The lowest BCUT2D eigenvalue weighted by molar-refractivity contribution is -0.0429. The van der Waals surface area contributed by atoms with Crippen LogP contribution in [0.3, 0.4) is 0 Å². The molecule has 42 heavy (non-hydrogen) atoms. The Hall–Kier alpha value is -3.91. The van der Waals surface area contributed by atoms with Crippen LogP contribution in [0.4, 0.5) is 18.9 Å². The van der Waals surface area contributed by atoms with Crippen molar-refractivity contribution in [2.45, 2.75) is 38.7 Å². The third-order valence-corrected chi connectivity index (χ3v) is 8.76. The molecule has 0 spiro atoms. The minimum Gasteiger partial charge on any atom is -0.472 e. The number of alkyl halides is 3. The van der Waals surface area contributed by atoms with E-state index in [9.17, 15) is 26.4 Å². The van der Waals surface area contributed by atoms with Crippen molar-refractivity contribution < 1.29 is 30.8 Å². The number of imidazole rings is 1. The molecular formula is C28H25BrF3N5O4S. The molecule has 2 aliphatic rings. The number of hydrogen-bond acceptors (Lipinski definition) is 6. The summed E-state index contributed by atoms with van der Waals surface area (Å²) in [5.74, 6) is 0.347. The Bertz CT molecular complexity index is 1900. The number of nitrogens with one attached hydrogen (secondary N) is 2. The van der Waals surface area contributed by atoms with E-state index in [2.05, 4.69) is 26.2 Å². The van der Waals surface area contributed by atoms with E-state index in [0.29, 0.717) is 44.6 Å². The lowest BCUT2D eigenvalue weighted by Crippen LogP contribution is -2.30. The van der Waals surface area contributed by atoms with Crippen LogP contribution >= 0.6 is 15.9 Å². The number of carbonyl (C=O) groups excluding carboxylic acids is 1. The number of nitrogens with zero attached hydrogens (tertiary/aromatic N) is 3. The highest BCUT2D eigenvalue weighted by atomic mass is 79.9. The van der Waals surface area contributed by atoms with Crippen LogP contribution in [0, 0.1) is 6.92 Å². The first-order valence-corrected chi connectivity index (χ1v) is 15.1. The monoisotopic (exact) mass is 663 g/mol. The summed E-state index contributed by atoms with van der Waals surface area (Å²) in [5.41, 5.74) is -0.983. The van der Waals surface area contributed by atoms with Gasteiger partial charge in [0.25, 0.3) is 5.91 Å². The van der Waals surface area contributed by atoms with Crippen LogP contribution in [-0.2, 0) is 23.0 Å². The van der Waals surface area contributed by atoms with E-state index in [-0.39, 0.29) is 29.4 Å². The summed E-state index contributed by atoms with van der Waals surface area (Å²) in [6.45, 7) is 4.01. The molecule has 3 heterocycles. The second-order valence-electron chi connectivity index (χ2n) is 9.59. The fraction of sp³-hybridized carbons (Fsp3) is 0.250. The third-order valence-electron chi connectivity index (χ3n) is 6.84. The second kappa shape index (κ2) is 11.1. The van der Waals surface area contributed by atoms with Gasteiger partial charge in [-0.3, -0.25) is 9.52 Å². The van der Waals surface area contributed by atoms with Crippen molar-refractivity contribution in [2.24, 2.45) is 0 Å². The normalized spacial score (nSPS) is 12.3. The molecule has 2 N–H and O–H groups in total. The number of benzene rings is 1. The lowest BCUT2D eigenvalue weighted by Gasteiger charge is -2.16. The molecule has 3 aromatic rings. The highest BCUT2D eigenvalue weighted by molar-refractivity contribution is 9.10. The van der Waals surface area contributed by atoms with Crippen molar-refractivity contribution in [1.82, 2.24) is 19.9 Å². The van der Waals surface area contributed by atoms with Crippen LogP contribution < -0.4 is 10.0 Å². The summed E-state index contributed by atoms with van der Waals surface area (Å²) >= 11 is 3.59. The van der Waals surface area contributed by atoms with Crippen LogP contribution in [0.25, 0.3) is 33.4 Å². The fourth-order valence-corrected chi connectivity index (χ4v) is 6.25. The van der Waals surface area contributed by atoms with Gasteiger partial charge in [-0.05, 0) is 64.2 Å². The Morgan fingerprint density at radius 2 is 1.86 bits per heavy atom. The van der Waals surface area contributed by atoms with Gasteiger partial charge in [0, 0.05) is 34.6 Å². The van der Waals surface area contributed by atoms with Gasteiger partial charge >= 0.3 is 15.5 Å². The van der Waals surface area contributed by atoms with Crippen LogP contribution in [0.1, 0.15) is 40.8 Å². The molecule has 0 fully saturated rings. The zero-order valence-corrected chi connectivity index (χ0v) is 25.0. The Labute approximate surface area is 247 Å². The second-order valence-corrected chi connectivity index (χ2v) is 12.1. The van der Waals surface area contributed by atoms with Crippen molar-refractivity contribution in [3.63, 3.8) is 0 Å². The number of halogens is 4. The molecular weight excluding hydrogens is 639 g/mol. The van der Waals surface area contributed by atoms with Gasteiger partial charge in [-0.25, -0.2) is 9.97 Å². The number of aromatic nitrogens is 3. The number of amides is 1. The van der Waals surface area contributed by atoms with Crippen molar-refractivity contribution in [3.8, 4) is 22.3 Å². The Morgan fingerprint density at radius 1 is 1.12 bits per heavy atom. The van der Waals surface area contributed by atoms with Gasteiger partial charge < -0.3 is 14.3 Å². The molecule has 220 valence electrons. The molecule has 1 aliphatic carbocycles. The summed E-state index contributed by atoms with van der Waals surface area (Å²) in [4.78, 5) is 22.0. The van der Waals surface area contributed by atoms with Crippen molar-refractivity contribution in [1.29, 1.82) is 0 Å². The number of aryl methyl sites for hydroxylation is 2. The summed E-state index contributed by atoms with van der Waals surface area (Å²) in [7, 11) is -4.18. The maximum absolute atomic E-state index is 13.3. The first-order valence-electron chi connectivity index (χ1n) is 12.8. The predicted molar refractivity (Wildman–Crippen MR) is 156 cm³/mol. The highest BCUT2D eigenvalue weighted by Gasteiger charge is 2.46. The van der Waals surface area contributed by atoms with Crippen LogP contribution in [0.15, 0.2) is 57.8 Å². The third kappa shape index (κ3) is 5.13. The van der Waals surface area contributed by atoms with E-state index in [4.69, 9.17) is 9.40 Å². The van der Waals surface area contributed by atoms with E-state index in [0.717, 1.165) is 17.5 Å². The Morgan fingerprint density at radius 3 is 2.55 bits per heavy atom. The maximum Gasteiger partial charge on any atom is 0.516 e. The largest absolute Gasteiger partial charge is 0.516 e. The van der Waals surface area contributed by atoms with E-state index in [1.807, 2.05) is 18.4 Å². The van der Waals surface area contributed by atoms with E-state index >= 15 is 0 Å². The summed E-state index contributed by atoms with van der Waals surface area (Å²) in [5, 5.41) is 2.58. The molecule has 1 aromatic carbocycles. The molecule has 0 atom stereocenters. The molecule has 5 rings (SSSR count). The van der Waals surface area contributed by atoms with Gasteiger partial charge in [0.2, 0.25) is 0 Å². The van der Waals surface area contributed by atoms with Gasteiger partial charge in [-0.15, -0.1) is 0 Å². The van der Waals surface area contributed by atoms with Crippen molar-refractivity contribution >= 4 is 48.7 Å². The number of hydrogen-bond donors (Lipinski definition) is 2. The standard InChI is InChI=1S/C28H25BrF3N5O4S/c1-4-7-22-35-25-15(2)12-21(27(38)33-3)34-26(25)37(22)13-18-16-10-11-41-14-19(16)24(29)23(18)17-8-5-6-9-20(17)36-42(39,40)28(30,31)32/h5-6,8-12,14,36H,4,7,13H2,1-3H3,(H,33,38). The van der Waals surface area contributed by atoms with Crippen LogP contribution in [0.5, 0.6) is 0 Å². The molecule has 0 saturated heterocycles. The summed E-state index contributed by atoms with van der Waals surface area (Å²) < 4.78 is 73.7. The fourth-order valence-electron chi connectivity index (χ4n) is 4.91. The lowest BCUT2D eigenvalue weighted by atomic mass is 10.0. The van der Waals surface area contributed by atoms with Crippen LogP contribution in [-0.4, -0.2) is 41.4 Å². The van der Waals surface area contributed by atoms with Gasteiger partial charge in [0.05, 0.1) is 24.8 Å². The molecule has 0 bridgehead atoms. The van der Waals surface area contributed by atoms with Gasteiger partial charge in [-0.2, -0.15) is 21.6 Å². The van der Waals surface area contributed by atoms with Gasteiger partial charge in [0.15, 0.2) is 5.65 Å². The maximum atomic E-state index is 13.3. The number of rotatable bonds is 8. The summed E-state index contributed by atoms with van der Waals surface area (Å²) in [6.07, 6.45) is 4.34. The number of fused-ring (bicyclic) bond motifs is 2. The minimum atomic E-state index is -5.70. The molecule has 0 saturated carbocycles. The van der Waals surface area contributed by atoms with Crippen molar-refractivity contribution in [3.05, 3.63) is 76.0 Å². The number of carbonyl (C=O) groups is 1. The molecule has 9 nitrogen and oxygen atoms in total. The number of sulfonamides is 1. The van der Waals surface area contributed by atoms with E-state index in [1.54, 1.807) is 29.0 Å². The molecule has 14 heteroatoms. The smallest absolute Gasteiger partial charge is 0.472 e. The number of pyridine rings is 1. The Balaban J connectivity index is 1.77. The Kier molecular flexibility index (Phi) is 7.79. The average Bonchev–Trinajstić information content (AvgIpc) is 3.43. The van der Waals surface area contributed by atoms with Gasteiger partial charge in [0.1, 0.15) is 17.0 Å². The SMILES string of the molecule is CCCc1nc2c(C)cc(C(=O)NC)nc2n1Cc1c2ccocc-2c(Br)c1-c1ccccc1NS(=O)(=O)C(F)(F)F. The minimum absolute atomic E-state index is 0.164. The molecule has 1 amide bonds. The molecule has 0 unspecified atom stereocenters. The first kappa shape index (κ1) is 29.6. The zero-order chi connectivity index (χ0) is 30.4. The van der Waals surface area contributed by atoms with Crippen LogP contribution in [0.2, 0.25) is 0 Å². The van der Waals surface area contributed by atoms with Crippen molar-refractivity contribution in [2.75, 3.05) is 11.8 Å². The predicted octanol–water partition coefficient (Wildman–Crippen LogP) is 6.49. The van der Waals surface area contributed by atoms with E-state index < -0.39 is 15.5 Å². The number of anilines is 1. The van der Waals surface area contributed by atoms with Gasteiger partial charge in [-0.1, -0.05) is 25.1 Å². The summed E-state index contributed by atoms with van der Waals surface area (Å²) in [6, 6.07) is 9.26. The zero-order valence-electron chi connectivity index (χ0n) is 22.6. The highest BCUT2D eigenvalue weighted by Crippen LogP contribution is 2.48. The molecule has 0 radical (unpaired) electrons. The molecule has 2 aromatic heterocycles. The average molecular weight is 665 g/mol. The first-order chi connectivity index (χ1) is 19.9. The van der Waals surface area contributed by atoms with E-state index in [1.165, 1.54) is 31.7 Å². The number of para-hydroxylation sites is 1. The topological polar surface area (TPSA) is 119 Å². The quantitative estimate of drug-likeness (QED) is 0.196.